The molecule has 2 rings (SSSR count). The Hall–Kier alpha value is -0.120. The number of hydrogen-bond donors (Lipinski definition) is 1. The zero-order valence-electron chi connectivity index (χ0n) is 12.9. The molecule has 2 atom stereocenters. The first-order chi connectivity index (χ1) is 9.33. The summed E-state index contributed by atoms with van der Waals surface area (Å²) in [7, 11) is 3.98. The predicted octanol–water partition coefficient (Wildman–Crippen LogP) is 2.51. The molecule has 0 spiro atoms. The number of rotatable bonds is 5. The van der Waals surface area contributed by atoms with Gasteiger partial charge in [0.1, 0.15) is 0 Å². The van der Waals surface area contributed by atoms with Crippen molar-refractivity contribution in [2.45, 2.75) is 51.0 Å². The van der Waals surface area contributed by atoms with Gasteiger partial charge in [0.05, 0.1) is 0 Å². The van der Waals surface area contributed by atoms with Crippen molar-refractivity contribution in [3.05, 3.63) is 0 Å². The number of likely N-dealkylation sites (tertiary alicyclic amines) is 1. The van der Waals surface area contributed by atoms with Crippen LogP contribution in [0.25, 0.3) is 0 Å². The summed E-state index contributed by atoms with van der Waals surface area (Å²) in [6.45, 7) is 4.82. The molecule has 2 aliphatic rings. The minimum Gasteiger partial charge on any atom is -0.384 e. The highest BCUT2D eigenvalue weighted by atomic mass is 16.5. The zero-order chi connectivity index (χ0) is 13.5. The van der Waals surface area contributed by atoms with Crippen molar-refractivity contribution < 1.29 is 4.74 Å². The molecule has 112 valence electrons. The van der Waals surface area contributed by atoms with Gasteiger partial charge in [-0.2, -0.15) is 0 Å². The van der Waals surface area contributed by atoms with Gasteiger partial charge < -0.3 is 15.0 Å². The minimum atomic E-state index is 0.749. The summed E-state index contributed by atoms with van der Waals surface area (Å²) in [6, 6.07) is 0.749. The lowest BCUT2D eigenvalue weighted by Gasteiger charge is -2.36. The Kier molecular flexibility index (Phi) is 6.62. The molecule has 1 heterocycles. The fraction of sp³-hybridized carbons (Fsp3) is 1.00. The Morgan fingerprint density at radius 3 is 2.47 bits per heavy atom. The highest BCUT2D eigenvalue weighted by molar-refractivity contribution is 4.82. The van der Waals surface area contributed by atoms with Crippen LogP contribution < -0.4 is 5.32 Å². The summed E-state index contributed by atoms with van der Waals surface area (Å²) in [5, 5.41) is 3.57. The van der Waals surface area contributed by atoms with E-state index in [2.05, 4.69) is 17.3 Å². The van der Waals surface area contributed by atoms with Crippen LogP contribution in [0.15, 0.2) is 0 Å². The van der Waals surface area contributed by atoms with E-state index < -0.39 is 0 Å². The van der Waals surface area contributed by atoms with Gasteiger partial charge in [0, 0.05) is 26.3 Å². The number of methoxy groups -OCH3 is 1. The van der Waals surface area contributed by atoms with E-state index in [-0.39, 0.29) is 0 Å². The molecule has 0 radical (unpaired) electrons. The molecule has 2 fully saturated rings. The lowest BCUT2D eigenvalue weighted by atomic mass is 9.92. The lowest BCUT2D eigenvalue weighted by molar-refractivity contribution is 0.0879. The monoisotopic (exact) mass is 268 g/mol. The molecule has 1 saturated heterocycles. The molecule has 3 heteroatoms. The molecule has 1 saturated carbocycles. The van der Waals surface area contributed by atoms with Gasteiger partial charge in [0.15, 0.2) is 0 Å². The second-order valence-corrected chi connectivity index (χ2v) is 6.49. The predicted molar refractivity (Wildman–Crippen MR) is 80.5 cm³/mol. The molecule has 1 aliphatic heterocycles. The van der Waals surface area contributed by atoms with Crippen LogP contribution in [0.3, 0.4) is 0 Å². The van der Waals surface area contributed by atoms with Gasteiger partial charge in [-0.3, -0.25) is 0 Å². The fourth-order valence-electron chi connectivity index (χ4n) is 3.89. The van der Waals surface area contributed by atoms with E-state index in [9.17, 15) is 0 Å². The SMILES string of the molecule is CNC1CCCCCC1CN1CCC(COC)CC1. The summed E-state index contributed by atoms with van der Waals surface area (Å²) in [5.41, 5.74) is 0. The number of nitrogens with one attached hydrogen (secondary N) is 1. The molecule has 3 nitrogen and oxygen atoms in total. The first-order valence-electron chi connectivity index (χ1n) is 8.22. The lowest BCUT2D eigenvalue weighted by Crippen LogP contribution is -2.43. The normalized spacial score (nSPS) is 31.3. The first-order valence-corrected chi connectivity index (χ1v) is 8.22. The maximum Gasteiger partial charge on any atom is 0.0491 e. The molecule has 1 aliphatic carbocycles. The summed E-state index contributed by atoms with van der Waals surface area (Å²) in [6.07, 6.45) is 9.73. The maximum atomic E-state index is 5.29. The minimum absolute atomic E-state index is 0.749. The molecular weight excluding hydrogens is 236 g/mol. The number of piperidine rings is 1. The number of nitrogens with zero attached hydrogens (tertiary/aromatic N) is 1. The van der Waals surface area contributed by atoms with Crippen LogP contribution in [-0.2, 0) is 4.74 Å². The van der Waals surface area contributed by atoms with Crippen molar-refractivity contribution in [2.75, 3.05) is 40.4 Å². The second-order valence-electron chi connectivity index (χ2n) is 6.49. The average Bonchev–Trinajstić information content (AvgIpc) is 2.66. The topological polar surface area (TPSA) is 24.5 Å². The third-order valence-corrected chi connectivity index (χ3v) is 5.13. The Morgan fingerprint density at radius 1 is 1.05 bits per heavy atom. The van der Waals surface area contributed by atoms with Crippen LogP contribution in [-0.4, -0.2) is 51.3 Å². The number of hydrogen-bond acceptors (Lipinski definition) is 3. The molecule has 0 bridgehead atoms. The van der Waals surface area contributed by atoms with E-state index in [1.54, 1.807) is 0 Å². The summed E-state index contributed by atoms with van der Waals surface area (Å²) in [5.74, 6) is 1.67. The van der Waals surface area contributed by atoms with Gasteiger partial charge in [0.25, 0.3) is 0 Å². The Morgan fingerprint density at radius 2 is 1.79 bits per heavy atom. The van der Waals surface area contributed by atoms with Crippen LogP contribution in [0.4, 0.5) is 0 Å². The largest absolute Gasteiger partial charge is 0.384 e. The molecule has 0 aromatic rings. The summed E-state index contributed by atoms with van der Waals surface area (Å²) >= 11 is 0. The van der Waals surface area contributed by atoms with Crippen molar-refractivity contribution in [3.8, 4) is 0 Å². The summed E-state index contributed by atoms with van der Waals surface area (Å²) in [4.78, 5) is 2.70. The van der Waals surface area contributed by atoms with Gasteiger partial charge in [-0.25, -0.2) is 0 Å². The van der Waals surface area contributed by atoms with E-state index in [0.717, 1.165) is 24.5 Å². The van der Waals surface area contributed by atoms with Gasteiger partial charge in [-0.1, -0.05) is 19.3 Å². The molecule has 0 aromatic heterocycles. The smallest absolute Gasteiger partial charge is 0.0491 e. The molecule has 19 heavy (non-hydrogen) atoms. The van der Waals surface area contributed by atoms with Gasteiger partial charge in [-0.15, -0.1) is 0 Å². The van der Waals surface area contributed by atoms with Crippen LogP contribution in [0.1, 0.15) is 44.9 Å². The summed E-state index contributed by atoms with van der Waals surface area (Å²) < 4.78 is 5.29. The van der Waals surface area contributed by atoms with E-state index in [1.807, 2.05) is 7.11 Å². The van der Waals surface area contributed by atoms with E-state index >= 15 is 0 Å². The Bertz CT molecular complexity index is 239. The van der Waals surface area contributed by atoms with Crippen molar-refractivity contribution in [3.63, 3.8) is 0 Å². The van der Waals surface area contributed by atoms with E-state index in [0.29, 0.717) is 0 Å². The highest BCUT2D eigenvalue weighted by Gasteiger charge is 2.26. The third kappa shape index (κ3) is 4.73. The van der Waals surface area contributed by atoms with Crippen LogP contribution in [0, 0.1) is 11.8 Å². The molecule has 2 unspecified atom stereocenters. The van der Waals surface area contributed by atoms with Gasteiger partial charge >= 0.3 is 0 Å². The number of ether oxygens (including phenoxy) is 1. The molecule has 0 amide bonds. The van der Waals surface area contributed by atoms with Crippen molar-refractivity contribution in [1.82, 2.24) is 10.2 Å². The standard InChI is InChI=1S/C16H32N2O/c1-17-16-7-5-3-4-6-15(16)12-18-10-8-14(9-11-18)13-19-2/h14-17H,3-13H2,1-2H3. The third-order valence-electron chi connectivity index (χ3n) is 5.13. The van der Waals surface area contributed by atoms with Crippen LogP contribution in [0.5, 0.6) is 0 Å². The van der Waals surface area contributed by atoms with Crippen LogP contribution >= 0.6 is 0 Å². The molecule has 1 N–H and O–H groups in total. The first kappa shape index (κ1) is 15.3. The van der Waals surface area contributed by atoms with Crippen molar-refractivity contribution in [1.29, 1.82) is 0 Å². The van der Waals surface area contributed by atoms with Gasteiger partial charge in [0.2, 0.25) is 0 Å². The van der Waals surface area contributed by atoms with E-state index in [4.69, 9.17) is 4.74 Å². The molecule has 0 aromatic carbocycles. The molecular formula is C16H32N2O. The maximum absolute atomic E-state index is 5.29. The van der Waals surface area contributed by atoms with Gasteiger partial charge in [-0.05, 0) is 57.7 Å². The highest BCUT2D eigenvalue weighted by Crippen LogP contribution is 2.26. The quantitative estimate of drug-likeness (QED) is 0.775. The second kappa shape index (κ2) is 8.23. The average molecular weight is 268 g/mol. The zero-order valence-corrected chi connectivity index (χ0v) is 12.9. The van der Waals surface area contributed by atoms with Crippen molar-refractivity contribution >= 4 is 0 Å². The van der Waals surface area contributed by atoms with E-state index in [1.165, 1.54) is 64.6 Å². The fourth-order valence-corrected chi connectivity index (χ4v) is 3.89. The van der Waals surface area contributed by atoms with Crippen LogP contribution in [0.2, 0.25) is 0 Å². The Labute approximate surface area is 119 Å². The van der Waals surface area contributed by atoms with Crippen molar-refractivity contribution in [2.24, 2.45) is 11.8 Å². The Balaban J connectivity index is 1.76.